The molecule has 1 fully saturated rings. The number of benzene rings is 3. The van der Waals surface area contributed by atoms with E-state index in [1.165, 1.54) is 36.0 Å². The number of aryl methyl sites for hydroxylation is 1. The molecule has 0 spiro atoms. The first kappa shape index (κ1) is 30.2. The highest BCUT2D eigenvalue weighted by atomic mass is 16.2. The zero-order valence-electron chi connectivity index (χ0n) is 24.2. The first-order valence-electron chi connectivity index (χ1n) is 14.9. The number of nitrogens with one attached hydrogen (secondary N) is 3. The molecule has 1 aliphatic rings. The molecule has 1 heterocycles. The van der Waals surface area contributed by atoms with Gasteiger partial charge in [0.25, 0.3) is 0 Å². The average Bonchev–Trinajstić information content (AvgIpc) is 3.02. The summed E-state index contributed by atoms with van der Waals surface area (Å²) in [7, 11) is 0. The van der Waals surface area contributed by atoms with Crippen LogP contribution in [0.4, 0.5) is 0 Å². The summed E-state index contributed by atoms with van der Waals surface area (Å²) in [4.78, 5) is 28.3. The van der Waals surface area contributed by atoms with E-state index in [0.717, 1.165) is 31.6 Å². The van der Waals surface area contributed by atoms with Gasteiger partial charge in [-0.1, -0.05) is 96.9 Å². The minimum atomic E-state index is -0.330. The number of rotatable bonds is 14. The summed E-state index contributed by atoms with van der Waals surface area (Å²) in [6.45, 7) is 6.61. The van der Waals surface area contributed by atoms with Gasteiger partial charge in [0.1, 0.15) is 0 Å². The normalized spacial score (nSPS) is 14.7. The second-order valence-electron chi connectivity index (χ2n) is 10.9. The summed E-state index contributed by atoms with van der Waals surface area (Å²) in [5.74, 6) is -0.0663. The molecule has 6 heteroatoms. The Bertz CT molecular complexity index is 1180. The SMILES string of the molecule is Cc1ccc(/C=C/C(=O)NCCN[C@@H](CCN2CCCCC2)C(=O)NCC(c2ccccc2)c2ccccc2)cc1. The lowest BCUT2D eigenvalue weighted by Gasteiger charge is -2.28. The van der Waals surface area contributed by atoms with Gasteiger partial charge in [0.05, 0.1) is 6.04 Å². The molecule has 4 rings (SSSR count). The van der Waals surface area contributed by atoms with Crippen molar-refractivity contribution in [2.75, 3.05) is 39.3 Å². The average molecular weight is 553 g/mol. The van der Waals surface area contributed by atoms with E-state index in [0.29, 0.717) is 19.6 Å². The zero-order chi connectivity index (χ0) is 28.7. The van der Waals surface area contributed by atoms with Crippen LogP contribution in [0.1, 0.15) is 53.9 Å². The minimum absolute atomic E-state index is 0.00413. The van der Waals surface area contributed by atoms with Crippen molar-refractivity contribution in [3.8, 4) is 0 Å². The third-order valence-electron chi connectivity index (χ3n) is 7.70. The van der Waals surface area contributed by atoms with Crippen molar-refractivity contribution in [3.05, 3.63) is 113 Å². The predicted molar refractivity (Wildman–Crippen MR) is 168 cm³/mol. The molecule has 6 nitrogen and oxygen atoms in total. The Balaban J connectivity index is 1.32. The standard InChI is InChI=1S/C35H44N4O2/c1-28-15-17-29(18-16-28)19-20-34(40)37-23-22-36-33(21-26-39-24-9-4-10-25-39)35(41)38-27-32(30-11-5-2-6-12-30)31-13-7-3-8-14-31/h2-3,5-8,11-20,32-33,36H,4,9-10,21-27H2,1H3,(H,37,40)(H,38,41)/b20-19+/t33-/m0/s1. The summed E-state index contributed by atoms with van der Waals surface area (Å²) >= 11 is 0. The van der Waals surface area contributed by atoms with Crippen LogP contribution in [0.15, 0.2) is 91.0 Å². The number of carbonyl (C=O) groups is 2. The number of amides is 2. The third kappa shape index (κ3) is 10.3. The first-order valence-corrected chi connectivity index (χ1v) is 14.9. The summed E-state index contributed by atoms with van der Waals surface area (Å²) in [6.07, 6.45) is 7.83. The van der Waals surface area contributed by atoms with Crippen LogP contribution < -0.4 is 16.0 Å². The molecule has 0 unspecified atom stereocenters. The molecule has 1 aliphatic heterocycles. The molecule has 0 radical (unpaired) electrons. The van der Waals surface area contributed by atoms with Gasteiger partial charge in [0.15, 0.2) is 0 Å². The van der Waals surface area contributed by atoms with Gasteiger partial charge in [0.2, 0.25) is 11.8 Å². The summed E-state index contributed by atoms with van der Waals surface area (Å²) < 4.78 is 0. The van der Waals surface area contributed by atoms with Crippen LogP contribution in [-0.4, -0.2) is 62.0 Å². The molecule has 0 bridgehead atoms. The van der Waals surface area contributed by atoms with Gasteiger partial charge in [-0.2, -0.15) is 0 Å². The lowest BCUT2D eigenvalue weighted by molar-refractivity contribution is -0.123. The molecule has 1 atom stereocenters. The largest absolute Gasteiger partial charge is 0.354 e. The van der Waals surface area contributed by atoms with Crippen LogP contribution in [0.2, 0.25) is 0 Å². The van der Waals surface area contributed by atoms with Gasteiger partial charge >= 0.3 is 0 Å². The molecular weight excluding hydrogens is 508 g/mol. The van der Waals surface area contributed by atoms with Crippen LogP contribution >= 0.6 is 0 Å². The van der Waals surface area contributed by atoms with E-state index in [-0.39, 0.29) is 23.8 Å². The summed E-state index contributed by atoms with van der Waals surface area (Å²) in [5, 5.41) is 9.59. The van der Waals surface area contributed by atoms with Gasteiger partial charge in [0, 0.05) is 38.2 Å². The molecule has 0 aromatic heterocycles. The Morgan fingerprint density at radius 2 is 1.44 bits per heavy atom. The van der Waals surface area contributed by atoms with E-state index in [9.17, 15) is 9.59 Å². The van der Waals surface area contributed by atoms with Crippen LogP contribution in [0, 0.1) is 6.92 Å². The molecule has 0 aliphatic carbocycles. The zero-order valence-corrected chi connectivity index (χ0v) is 24.2. The number of carbonyl (C=O) groups excluding carboxylic acids is 2. The topological polar surface area (TPSA) is 73.5 Å². The van der Waals surface area contributed by atoms with Crippen molar-refractivity contribution in [3.63, 3.8) is 0 Å². The fourth-order valence-corrected chi connectivity index (χ4v) is 5.29. The Labute approximate surface area is 245 Å². The maximum absolute atomic E-state index is 13.5. The Kier molecular flexibility index (Phi) is 12.2. The van der Waals surface area contributed by atoms with Crippen molar-refractivity contribution in [2.24, 2.45) is 0 Å². The Morgan fingerprint density at radius 3 is 2.07 bits per heavy atom. The Hall–Kier alpha value is -3.74. The molecule has 2 amide bonds. The second-order valence-corrected chi connectivity index (χ2v) is 10.9. The van der Waals surface area contributed by atoms with Crippen molar-refractivity contribution in [1.29, 1.82) is 0 Å². The van der Waals surface area contributed by atoms with E-state index >= 15 is 0 Å². The van der Waals surface area contributed by atoms with Crippen LogP contribution in [0.25, 0.3) is 6.08 Å². The molecular formula is C35H44N4O2. The van der Waals surface area contributed by atoms with Crippen LogP contribution in [0.3, 0.4) is 0 Å². The fraction of sp³-hybridized carbons (Fsp3) is 0.371. The van der Waals surface area contributed by atoms with Gasteiger partial charge in [-0.3, -0.25) is 9.59 Å². The third-order valence-corrected chi connectivity index (χ3v) is 7.70. The molecule has 41 heavy (non-hydrogen) atoms. The Morgan fingerprint density at radius 1 is 0.805 bits per heavy atom. The minimum Gasteiger partial charge on any atom is -0.354 e. The number of nitrogens with zero attached hydrogens (tertiary/aromatic N) is 1. The van der Waals surface area contributed by atoms with Crippen molar-refractivity contribution < 1.29 is 9.59 Å². The molecule has 3 aromatic carbocycles. The van der Waals surface area contributed by atoms with E-state index in [2.05, 4.69) is 45.1 Å². The maximum atomic E-state index is 13.5. The van der Waals surface area contributed by atoms with E-state index in [1.54, 1.807) is 6.08 Å². The van der Waals surface area contributed by atoms with Crippen LogP contribution in [0.5, 0.6) is 0 Å². The van der Waals surface area contributed by atoms with E-state index < -0.39 is 0 Å². The monoisotopic (exact) mass is 552 g/mol. The molecule has 3 N–H and O–H groups in total. The molecule has 0 saturated carbocycles. The summed E-state index contributed by atoms with van der Waals surface area (Å²) in [6, 6.07) is 28.4. The first-order chi connectivity index (χ1) is 20.1. The maximum Gasteiger partial charge on any atom is 0.244 e. The predicted octanol–water partition coefficient (Wildman–Crippen LogP) is 4.91. The van der Waals surface area contributed by atoms with E-state index in [4.69, 9.17) is 0 Å². The number of likely N-dealkylation sites (tertiary alicyclic amines) is 1. The number of piperidine rings is 1. The number of hydrogen-bond acceptors (Lipinski definition) is 4. The van der Waals surface area contributed by atoms with Crippen molar-refractivity contribution in [1.82, 2.24) is 20.9 Å². The number of hydrogen-bond donors (Lipinski definition) is 3. The van der Waals surface area contributed by atoms with Gasteiger partial charge in [-0.15, -0.1) is 0 Å². The van der Waals surface area contributed by atoms with Crippen molar-refractivity contribution in [2.45, 2.75) is 44.6 Å². The van der Waals surface area contributed by atoms with Gasteiger partial charge < -0.3 is 20.9 Å². The molecule has 3 aromatic rings. The highest BCUT2D eigenvalue weighted by Gasteiger charge is 2.22. The lowest BCUT2D eigenvalue weighted by Crippen LogP contribution is -2.49. The second kappa shape index (κ2) is 16.5. The van der Waals surface area contributed by atoms with E-state index in [1.807, 2.05) is 73.7 Å². The van der Waals surface area contributed by atoms with Gasteiger partial charge in [-0.05, 0) is 62.0 Å². The highest BCUT2D eigenvalue weighted by molar-refractivity contribution is 5.91. The quantitative estimate of drug-likeness (QED) is 0.196. The van der Waals surface area contributed by atoms with Crippen LogP contribution in [-0.2, 0) is 9.59 Å². The highest BCUT2D eigenvalue weighted by Crippen LogP contribution is 2.23. The smallest absolute Gasteiger partial charge is 0.244 e. The van der Waals surface area contributed by atoms with Crippen molar-refractivity contribution >= 4 is 17.9 Å². The lowest BCUT2D eigenvalue weighted by atomic mass is 9.91. The summed E-state index contributed by atoms with van der Waals surface area (Å²) in [5.41, 5.74) is 4.53. The molecule has 1 saturated heterocycles. The van der Waals surface area contributed by atoms with Gasteiger partial charge in [-0.25, -0.2) is 0 Å². The molecule has 216 valence electrons. The fourth-order valence-electron chi connectivity index (χ4n) is 5.29.